The zero-order valence-electron chi connectivity index (χ0n) is 9.97. The molecule has 0 amide bonds. The third-order valence-corrected chi connectivity index (χ3v) is 4.62. The lowest BCUT2D eigenvalue weighted by atomic mass is 9.92. The summed E-state index contributed by atoms with van der Waals surface area (Å²) in [7, 11) is 0. The van der Waals surface area contributed by atoms with E-state index in [0.29, 0.717) is 12.8 Å². The van der Waals surface area contributed by atoms with Crippen LogP contribution in [0.3, 0.4) is 0 Å². The van der Waals surface area contributed by atoms with Gasteiger partial charge in [0.25, 0.3) is 0 Å². The first kappa shape index (κ1) is 14.4. The van der Waals surface area contributed by atoms with Crippen molar-refractivity contribution >= 4 is 29.1 Å². The summed E-state index contributed by atoms with van der Waals surface area (Å²) in [6.45, 7) is 3.71. The molecular formula is C10H17N3O2S2. The molecular weight excluding hydrogens is 258 g/mol. The number of rotatable bonds is 7. The molecule has 0 aliphatic carbocycles. The van der Waals surface area contributed by atoms with Crippen molar-refractivity contribution in [3.05, 3.63) is 5.01 Å². The number of aryl methyl sites for hydroxylation is 1. The Morgan fingerprint density at radius 1 is 1.59 bits per heavy atom. The maximum absolute atomic E-state index is 11.0. The molecule has 1 heterocycles. The van der Waals surface area contributed by atoms with E-state index in [4.69, 9.17) is 10.8 Å². The van der Waals surface area contributed by atoms with Crippen LogP contribution >= 0.6 is 23.1 Å². The molecule has 0 bridgehead atoms. The van der Waals surface area contributed by atoms with Crippen LogP contribution in [-0.4, -0.2) is 32.6 Å². The predicted molar refractivity (Wildman–Crippen MR) is 69.4 cm³/mol. The van der Waals surface area contributed by atoms with Gasteiger partial charge in [-0.2, -0.15) is 0 Å². The minimum absolute atomic E-state index is 0.449. The first-order valence-electron chi connectivity index (χ1n) is 5.43. The fraction of sp³-hybridized carbons (Fsp3) is 0.700. The maximum atomic E-state index is 11.0. The topological polar surface area (TPSA) is 89.1 Å². The van der Waals surface area contributed by atoms with Crippen LogP contribution in [0.2, 0.25) is 0 Å². The van der Waals surface area contributed by atoms with Crippen LogP contribution in [0.25, 0.3) is 0 Å². The van der Waals surface area contributed by atoms with Gasteiger partial charge in [0.05, 0.1) is 0 Å². The SMILES string of the molecule is CCC(N)(CCCSc1nnc(C)s1)C(=O)O. The van der Waals surface area contributed by atoms with E-state index < -0.39 is 11.5 Å². The molecule has 17 heavy (non-hydrogen) atoms. The normalized spacial score (nSPS) is 14.5. The third kappa shape index (κ3) is 4.25. The van der Waals surface area contributed by atoms with Gasteiger partial charge in [0.2, 0.25) is 0 Å². The van der Waals surface area contributed by atoms with Gasteiger partial charge >= 0.3 is 5.97 Å². The average molecular weight is 275 g/mol. The van der Waals surface area contributed by atoms with Gasteiger partial charge in [0.1, 0.15) is 10.5 Å². The van der Waals surface area contributed by atoms with Gasteiger partial charge in [-0.3, -0.25) is 4.79 Å². The Labute approximate surface area is 109 Å². The Bertz CT molecular complexity index is 383. The second-order valence-electron chi connectivity index (χ2n) is 3.85. The van der Waals surface area contributed by atoms with Crippen molar-refractivity contribution in [3.8, 4) is 0 Å². The van der Waals surface area contributed by atoms with Crippen molar-refractivity contribution in [1.29, 1.82) is 0 Å². The Morgan fingerprint density at radius 3 is 2.76 bits per heavy atom. The molecule has 1 aromatic heterocycles. The van der Waals surface area contributed by atoms with E-state index in [1.807, 2.05) is 6.92 Å². The number of carboxylic acid groups (broad SMARTS) is 1. The van der Waals surface area contributed by atoms with E-state index in [1.54, 1.807) is 30.0 Å². The second kappa shape index (κ2) is 6.32. The van der Waals surface area contributed by atoms with E-state index in [9.17, 15) is 4.79 Å². The molecule has 1 unspecified atom stereocenters. The van der Waals surface area contributed by atoms with E-state index in [0.717, 1.165) is 21.5 Å². The molecule has 0 aliphatic heterocycles. The van der Waals surface area contributed by atoms with Crippen LogP contribution in [0.4, 0.5) is 0 Å². The van der Waals surface area contributed by atoms with Crippen molar-refractivity contribution in [3.63, 3.8) is 0 Å². The highest BCUT2D eigenvalue weighted by Crippen LogP contribution is 2.24. The summed E-state index contributed by atoms with van der Waals surface area (Å²) in [4.78, 5) is 11.0. The van der Waals surface area contributed by atoms with Crippen LogP contribution in [0, 0.1) is 6.92 Å². The minimum Gasteiger partial charge on any atom is -0.480 e. The van der Waals surface area contributed by atoms with Crippen molar-refractivity contribution in [2.45, 2.75) is 43.0 Å². The number of hydrogen-bond donors (Lipinski definition) is 2. The Balaban J connectivity index is 2.30. The molecule has 0 radical (unpaired) electrons. The highest BCUT2D eigenvalue weighted by atomic mass is 32.2. The Kier molecular flexibility index (Phi) is 5.35. The molecule has 3 N–H and O–H groups in total. The average Bonchev–Trinajstić information content (AvgIpc) is 2.70. The minimum atomic E-state index is -1.09. The van der Waals surface area contributed by atoms with Gasteiger partial charge in [0.15, 0.2) is 4.34 Å². The van der Waals surface area contributed by atoms with Crippen molar-refractivity contribution < 1.29 is 9.90 Å². The molecule has 1 aromatic rings. The summed E-state index contributed by atoms with van der Waals surface area (Å²) in [5, 5.41) is 17.9. The van der Waals surface area contributed by atoms with Gasteiger partial charge in [-0.25, -0.2) is 0 Å². The number of carbonyl (C=O) groups is 1. The molecule has 0 aromatic carbocycles. The zero-order valence-corrected chi connectivity index (χ0v) is 11.6. The molecule has 0 saturated carbocycles. The van der Waals surface area contributed by atoms with Crippen LogP contribution in [0.5, 0.6) is 0 Å². The van der Waals surface area contributed by atoms with Gasteiger partial charge in [-0.1, -0.05) is 30.0 Å². The second-order valence-corrected chi connectivity index (χ2v) is 6.38. The molecule has 1 rings (SSSR count). The lowest BCUT2D eigenvalue weighted by Gasteiger charge is -2.22. The number of aromatic nitrogens is 2. The number of nitrogens with zero attached hydrogens (tertiary/aromatic N) is 2. The molecule has 5 nitrogen and oxygen atoms in total. The Morgan fingerprint density at radius 2 is 2.29 bits per heavy atom. The largest absolute Gasteiger partial charge is 0.480 e. The molecule has 96 valence electrons. The molecule has 0 spiro atoms. The lowest BCUT2D eigenvalue weighted by Crippen LogP contribution is -2.47. The molecule has 1 atom stereocenters. The van der Waals surface area contributed by atoms with Crippen LogP contribution in [0.1, 0.15) is 31.2 Å². The van der Waals surface area contributed by atoms with Gasteiger partial charge in [0, 0.05) is 5.75 Å². The summed E-state index contributed by atoms with van der Waals surface area (Å²) in [5.74, 6) is -0.0994. The van der Waals surface area contributed by atoms with Crippen molar-refractivity contribution in [1.82, 2.24) is 10.2 Å². The van der Waals surface area contributed by atoms with Crippen LogP contribution in [-0.2, 0) is 4.79 Å². The van der Waals surface area contributed by atoms with Gasteiger partial charge < -0.3 is 10.8 Å². The third-order valence-electron chi connectivity index (χ3n) is 2.56. The maximum Gasteiger partial charge on any atom is 0.323 e. The molecule has 7 heteroatoms. The standard InChI is InChI=1S/C10H17N3O2S2/c1-3-10(11,8(14)15)5-4-6-16-9-13-12-7(2)17-9/h3-6,11H2,1-2H3,(H,14,15). The predicted octanol–water partition coefficient (Wildman–Crippen LogP) is 1.91. The van der Waals surface area contributed by atoms with E-state index in [1.165, 1.54) is 0 Å². The van der Waals surface area contributed by atoms with Crippen LogP contribution < -0.4 is 5.73 Å². The molecule has 0 saturated heterocycles. The van der Waals surface area contributed by atoms with E-state index in [2.05, 4.69) is 10.2 Å². The highest BCUT2D eigenvalue weighted by Gasteiger charge is 2.30. The summed E-state index contributed by atoms with van der Waals surface area (Å²) >= 11 is 3.15. The quantitative estimate of drug-likeness (QED) is 0.583. The number of hydrogen-bond acceptors (Lipinski definition) is 6. The van der Waals surface area contributed by atoms with Gasteiger partial charge in [-0.15, -0.1) is 10.2 Å². The van der Waals surface area contributed by atoms with E-state index in [-0.39, 0.29) is 0 Å². The monoisotopic (exact) mass is 275 g/mol. The van der Waals surface area contributed by atoms with Gasteiger partial charge in [-0.05, 0) is 26.2 Å². The fourth-order valence-electron chi connectivity index (χ4n) is 1.32. The summed E-state index contributed by atoms with van der Waals surface area (Å²) < 4.78 is 0.928. The number of carboxylic acids is 1. The first-order valence-corrected chi connectivity index (χ1v) is 7.23. The summed E-state index contributed by atoms with van der Waals surface area (Å²) in [5.41, 5.74) is 4.70. The van der Waals surface area contributed by atoms with Crippen molar-refractivity contribution in [2.24, 2.45) is 5.73 Å². The lowest BCUT2D eigenvalue weighted by molar-refractivity contribution is -0.143. The number of aliphatic carboxylic acids is 1. The Hall–Kier alpha value is -0.660. The number of thioether (sulfide) groups is 1. The van der Waals surface area contributed by atoms with E-state index >= 15 is 0 Å². The molecule has 0 aliphatic rings. The number of nitrogens with two attached hydrogens (primary N) is 1. The first-order chi connectivity index (χ1) is 7.98. The fourth-order valence-corrected chi connectivity index (χ4v) is 3.14. The highest BCUT2D eigenvalue weighted by molar-refractivity contribution is 8.01. The molecule has 0 fully saturated rings. The van der Waals surface area contributed by atoms with Crippen molar-refractivity contribution in [2.75, 3.05) is 5.75 Å². The van der Waals surface area contributed by atoms with Crippen LogP contribution in [0.15, 0.2) is 4.34 Å². The summed E-state index contributed by atoms with van der Waals surface area (Å²) in [6.07, 6.45) is 1.70. The summed E-state index contributed by atoms with van der Waals surface area (Å²) in [6, 6.07) is 0. The zero-order chi connectivity index (χ0) is 12.9. The smallest absolute Gasteiger partial charge is 0.323 e.